The van der Waals surface area contributed by atoms with E-state index in [1.165, 1.54) is 5.56 Å². The molecule has 2 aromatic rings. The normalized spacial score (nSPS) is 13.9. The first kappa shape index (κ1) is 15.1. The van der Waals surface area contributed by atoms with Crippen LogP contribution in [0.2, 0.25) is 0 Å². The quantitative estimate of drug-likeness (QED) is 0.763. The van der Waals surface area contributed by atoms with Crippen LogP contribution in [-0.4, -0.2) is 27.6 Å². The first-order valence-electron chi connectivity index (χ1n) is 7.60. The third-order valence-corrected chi connectivity index (χ3v) is 4.76. The summed E-state index contributed by atoms with van der Waals surface area (Å²) in [4.78, 5) is 19.9. The monoisotopic (exact) mass is 312 g/mol. The van der Waals surface area contributed by atoms with Crippen molar-refractivity contribution in [3.05, 3.63) is 59.9 Å². The Morgan fingerprint density at radius 2 is 2.05 bits per heavy atom. The topological polar surface area (TPSA) is 33.2 Å². The van der Waals surface area contributed by atoms with Gasteiger partial charge in [0.25, 0.3) is 0 Å². The fraction of sp³-hybridized carbons (Fsp3) is 0.333. The number of aryl methyl sites for hydroxylation is 1. The van der Waals surface area contributed by atoms with E-state index in [4.69, 9.17) is 0 Å². The lowest BCUT2D eigenvalue weighted by Crippen LogP contribution is -2.33. The molecule has 3 rings (SSSR count). The van der Waals surface area contributed by atoms with Gasteiger partial charge in [0.15, 0.2) is 0 Å². The Labute approximate surface area is 135 Å². The summed E-state index contributed by atoms with van der Waals surface area (Å²) in [5.74, 6) is 0.719. The van der Waals surface area contributed by atoms with Crippen molar-refractivity contribution in [1.29, 1.82) is 0 Å². The predicted octanol–water partition coefficient (Wildman–Crippen LogP) is 3.67. The standard InChI is InChI=1S/C18H20N2OS/c1-14-4-8-17(9-5-14)22-13-18(21)20(16-6-7-16)12-15-3-2-10-19-11-15/h2-5,8-11,16H,6-7,12-13H2,1H3. The molecule has 1 aliphatic rings. The molecule has 0 N–H and O–H groups in total. The van der Waals surface area contributed by atoms with Gasteiger partial charge in [-0.1, -0.05) is 23.8 Å². The van der Waals surface area contributed by atoms with Gasteiger partial charge >= 0.3 is 0 Å². The van der Waals surface area contributed by atoms with E-state index < -0.39 is 0 Å². The zero-order valence-corrected chi connectivity index (χ0v) is 13.6. The first-order chi connectivity index (χ1) is 10.7. The molecule has 1 heterocycles. The van der Waals surface area contributed by atoms with Gasteiger partial charge in [0.1, 0.15) is 0 Å². The number of pyridine rings is 1. The van der Waals surface area contributed by atoms with Crippen molar-refractivity contribution in [2.45, 2.75) is 37.2 Å². The SMILES string of the molecule is Cc1ccc(SCC(=O)N(Cc2cccnc2)C2CC2)cc1. The van der Waals surface area contributed by atoms with E-state index in [1.807, 2.05) is 23.2 Å². The zero-order valence-electron chi connectivity index (χ0n) is 12.7. The van der Waals surface area contributed by atoms with Crippen LogP contribution in [-0.2, 0) is 11.3 Å². The average molecular weight is 312 g/mol. The maximum atomic E-state index is 12.6. The number of amides is 1. The van der Waals surface area contributed by atoms with E-state index in [0.717, 1.165) is 23.3 Å². The van der Waals surface area contributed by atoms with Crippen molar-refractivity contribution < 1.29 is 4.79 Å². The summed E-state index contributed by atoms with van der Waals surface area (Å²) >= 11 is 1.61. The number of rotatable bonds is 6. The van der Waals surface area contributed by atoms with Crippen molar-refractivity contribution in [3.63, 3.8) is 0 Å². The van der Waals surface area contributed by atoms with Gasteiger partial charge in [0, 0.05) is 29.9 Å². The Morgan fingerprint density at radius 1 is 1.27 bits per heavy atom. The first-order valence-corrected chi connectivity index (χ1v) is 8.59. The molecule has 0 saturated heterocycles. The Morgan fingerprint density at radius 3 is 2.68 bits per heavy atom. The minimum absolute atomic E-state index is 0.219. The number of hydrogen-bond donors (Lipinski definition) is 0. The van der Waals surface area contributed by atoms with E-state index in [-0.39, 0.29) is 5.91 Å². The van der Waals surface area contributed by atoms with Gasteiger partial charge in [0.2, 0.25) is 5.91 Å². The van der Waals surface area contributed by atoms with Crippen molar-refractivity contribution in [2.75, 3.05) is 5.75 Å². The molecule has 4 heteroatoms. The van der Waals surface area contributed by atoms with Crippen LogP contribution in [0.5, 0.6) is 0 Å². The third-order valence-electron chi connectivity index (χ3n) is 3.77. The molecule has 0 spiro atoms. The molecule has 1 aromatic heterocycles. The van der Waals surface area contributed by atoms with Crippen molar-refractivity contribution >= 4 is 17.7 Å². The molecule has 1 aromatic carbocycles. The van der Waals surface area contributed by atoms with E-state index in [9.17, 15) is 4.79 Å². The zero-order chi connectivity index (χ0) is 15.4. The summed E-state index contributed by atoms with van der Waals surface area (Å²) in [5.41, 5.74) is 2.34. The Kier molecular flexibility index (Phi) is 4.78. The lowest BCUT2D eigenvalue weighted by atomic mass is 10.2. The van der Waals surface area contributed by atoms with Crippen molar-refractivity contribution in [3.8, 4) is 0 Å². The molecule has 0 unspecified atom stereocenters. The van der Waals surface area contributed by atoms with Crippen LogP contribution in [0.4, 0.5) is 0 Å². The Balaban J connectivity index is 1.59. The summed E-state index contributed by atoms with van der Waals surface area (Å²) in [6.45, 7) is 2.74. The number of nitrogens with zero attached hydrogens (tertiary/aromatic N) is 2. The molecule has 1 amide bonds. The number of carbonyl (C=O) groups excluding carboxylic acids is 1. The van der Waals surface area contributed by atoms with E-state index in [2.05, 4.69) is 36.2 Å². The maximum Gasteiger partial charge on any atom is 0.233 e. The highest BCUT2D eigenvalue weighted by molar-refractivity contribution is 8.00. The number of hydrogen-bond acceptors (Lipinski definition) is 3. The third kappa shape index (κ3) is 4.10. The van der Waals surface area contributed by atoms with E-state index in [1.54, 1.807) is 18.0 Å². The van der Waals surface area contributed by atoms with Crippen LogP contribution < -0.4 is 0 Å². The molecule has 0 aliphatic heterocycles. The molecule has 0 radical (unpaired) electrons. The minimum Gasteiger partial charge on any atom is -0.335 e. The molecular weight excluding hydrogens is 292 g/mol. The number of thioether (sulfide) groups is 1. The average Bonchev–Trinajstić information content (AvgIpc) is 3.37. The summed E-state index contributed by atoms with van der Waals surface area (Å²) in [7, 11) is 0. The molecule has 1 fully saturated rings. The molecule has 0 atom stereocenters. The highest BCUT2D eigenvalue weighted by atomic mass is 32.2. The molecule has 1 aliphatic carbocycles. The lowest BCUT2D eigenvalue weighted by molar-refractivity contribution is -0.129. The highest BCUT2D eigenvalue weighted by Crippen LogP contribution is 2.29. The van der Waals surface area contributed by atoms with Gasteiger partial charge in [-0.2, -0.15) is 0 Å². The van der Waals surface area contributed by atoms with Crippen LogP contribution in [0, 0.1) is 6.92 Å². The molecule has 22 heavy (non-hydrogen) atoms. The number of aromatic nitrogens is 1. The van der Waals surface area contributed by atoms with Gasteiger partial charge in [-0.15, -0.1) is 11.8 Å². The molecule has 0 bridgehead atoms. The van der Waals surface area contributed by atoms with Gasteiger partial charge in [0.05, 0.1) is 5.75 Å². The van der Waals surface area contributed by atoms with Crippen LogP contribution in [0.15, 0.2) is 53.7 Å². The fourth-order valence-electron chi connectivity index (χ4n) is 2.36. The maximum absolute atomic E-state index is 12.6. The summed E-state index contributed by atoms with van der Waals surface area (Å²) < 4.78 is 0. The summed E-state index contributed by atoms with van der Waals surface area (Å²) in [6.07, 6.45) is 5.86. The van der Waals surface area contributed by atoms with Crippen molar-refractivity contribution in [2.24, 2.45) is 0 Å². The van der Waals surface area contributed by atoms with Gasteiger partial charge in [-0.05, 0) is 43.5 Å². The van der Waals surface area contributed by atoms with E-state index >= 15 is 0 Å². The summed E-state index contributed by atoms with van der Waals surface area (Å²) in [5, 5.41) is 0. The number of carbonyl (C=O) groups is 1. The van der Waals surface area contributed by atoms with Crippen molar-refractivity contribution in [1.82, 2.24) is 9.88 Å². The molecule has 3 nitrogen and oxygen atoms in total. The molecule has 1 saturated carbocycles. The second-order valence-corrected chi connectivity index (χ2v) is 6.76. The molecule has 114 valence electrons. The largest absolute Gasteiger partial charge is 0.335 e. The predicted molar refractivity (Wildman–Crippen MR) is 89.7 cm³/mol. The number of benzene rings is 1. The second kappa shape index (κ2) is 6.97. The van der Waals surface area contributed by atoms with Crippen LogP contribution in [0.3, 0.4) is 0 Å². The highest BCUT2D eigenvalue weighted by Gasteiger charge is 2.32. The van der Waals surface area contributed by atoms with Crippen LogP contribution in [0.1, 0.15) is 24.0 Å². The van der Waals surface area contributed by atoms with Gasteiger partial charge < -0.3 is 4.90 Å². The Bertz CT molecular complexity index is 623. The summed E-state index contributed by atoms with van der Waals surface area (Å²) in [6, 6.07) is 12.7. The van der Waals surface area contributed by atoms with Crippen LogP contribution in [0.25, 0.3) is 0 Å². The second-order valence-electron chi connectivity index (χ2n) is 5.72. The van der Waals surface area contributed by atoms with Gasteiger partial charge in [-0.3, -0.25) is 9.78 Å². The minimum atomic E-state index is 0.219. The van der Waals surface area contributed by atoms with E-state index in [0.29, 0.717) is 18.3 Å². The fourth-order valence-corrected chi connectivity index (χ4v) is 3.14. The molecular formula is C18H20N2OS. The Hall–Kier alpha value is -1.81. The van der Waals surface area contributed by atoms with Crippen LogP contribution >= 0.6 is 11.8 Å². The van der Waals surface area contributed by atoms with Gasteiger partial charge in [-0.25, -0.2) is 0 Å². The smallest absolute Gasteiger partial charge is 0.233 e. The lowest BCUT2D eigenvalue weighted by Gasteiger charge is -2.22.